The number of hydrogen-bond donors (Lipinski definition) is 1. The van der Waals surface area contributed by atoms with Gasteiger partial charge in [-0.1, -0.05) is 18.5 Å². The highest BCUT2D eigenvalue weighted by molar-refractivity contribution is 6.32. The standard InChI is InChI=1S/C19H28ClNO4/c1-13-7-9-19(24-4,10-8-13)18(22)21-15-5-6-17(16(20)11-15)25-14(2)12-23-3/h5-6,11,13-14H,7-10,12H2,1-4H3,(H,21,22)/t13?,14-,19?/m1/s1. The quantitative estimate of drug-likeness (QED) is 0.779. The Balaban J connectivity index is 2.04. The second-order valence-corrected chi connectivity index (χ2v) is 7.27. The fourth-order valence-electron chi connectivity index (χ4n) is 3.16. The van der Waals surface area contributed by atoms with Gasteiger partial charge in [0.2, 0.25) is 0 Å². The Morgan fingerprint density at radius 2 is 2.04 bits per heavy atom. The van der Waals surface area contributed by atoms with Crippen molar-refractivity contribution in [3.63, 3.8) is 0 Å². The SMILES string of the molecule is COC[C@@H](C)Oc1ccc(NC(=O)C2(OC)CCC(C)CC2)cc1Cl. The van der Waals surface area contributed by atoms with Crippen molar-refractivity contribution in [1.82, 2.24) is 0 Å². The van der Waals surface area contributed by atoms with Gasteiger partial charge >= 0.3 is 0 Å². The molecule has 1 aliphatic carbocycles. The van der Waals surface area contributed by atoms with Gasteiger partial charge < -0.3 is 19.5 Å². The van der Waals surface area contributed by atoms with Gasteiger partial charge in [-0.3, -0.25) is 4.79 Å². The summed E-state index contributed by atoms with van der Waals surface area (Å²) >= 11 is 6.28. The molecule has 1 saturated carbocycles. The number of hydrogen-bond acceptors (Lipinski definition) is 4. The van der Waals surface area contributed by atoms with Gasteiger partial charge in [0.15, 0.2) is 0 Å². The Hall–Kier alpha value is -1.30. The minimum absolute atomic E-state index is 0.107. The van der Waals surface area contributed by atoms with Crippen LogP contribution in [0.1, 0.15) is 39.5 Å². The van der Waals surface area contributed by atoms with Crippen LogP contribution in [0.25, 0.3) is 0 Å². The molecule has 0 radical (unpaired) electrons. The van der Waals surface area contributed by atoms with E-state index in [9.17, 15) is 4.79 Å². The van der Waals surface area contributed by atoms with Crippen molar-refractivity contribution in [2.75, 3.05) is 26.1 Å². The van der Waals surface area contributed by atoms with Crippen molar-refractivity contribution in [2.45, 2.75) is 51.2 Å². The molecule has 1 atom stereocenters. The van der Waals surface area contributed by atoms with E-state index < -0.39 is 5.60 Å². The fraction of sp³-hybridized carbons (Fsp3) is 0.632. The lowest BCUT2D eigenvalue weighted by molar-refractivity contribution is -0.142. The highest BCUT2D eigenvalue weighted by atomic mass is 35.5. The van der Waals surface area contributed by atoms with Crippen LogP contribution in [0.4, 0.5) is 5.69 Å². The third-order valence-electron chi connectivity index (χ3n) is 4.81. The van der Waals surface area contributed by atoms with Gasteiger partial charge in [0.1, 0.15) is 17.5 Å². The Kier molecular flexibility index (Phi) is 7.11. The number of carbonyl (C=O) groups excluding carboxylic acids is 1. The molecule has 0 spiro atoms. The molecule has 25 heavy (non-hydrogen) atoms. The van der Waals surface area contributed by atoms with E-state index in [0.29, 0.717) is 29.0 Å². The van der Waals surface area contributed by atoms with E-state index in [1.165, 1.54) is 0 Å². The third kappa shape index (κ3) is 5.09. The maximum absolute atomic E-state index is 12.8. The second-order valence-electron chi connectivity index (χ2n) is 6.86. The van der Waals surface area contributed by atoms with E-state index in [1.54, 1.807) is 32.4 Å². The number of anilines is 1. The average molecular weight is 370 g/mol. The highest BCUT2D eigenvalue weighted by Crippen LogP contribution is 2.36. The summed E-state index contributed by atoms with van der Waals surface area (Å²) in [6.07, 6.45) is 3.35. The van der Waals surface area contributed by atoms with E-state index in [0.717, 1.165) is 25.7 Å². The third-order valence-corrected chi connectivity index (χ3v) is 5.10. The van der Waals surface area contributed by atoms with Crippen molar-refractivity contribution < 1.29 is 19.0 Å². The number of amides is 1. The summed E-state index contributed by atoms with van der Waals surface area (Å²) in [7, 11) is 3.23. The van der Waals surface area contributed by atoms with Gasteiger partial charge in [0.25, 0.3) is 5.91 Å². The monoisotopic (exact) mass is 369 g/mol. The average Bonchev–Trinajstić information content (AvgIpc) is 2.58. The Labute approximate surface area is 155 Å². The van der Waals surface area contributed by atoms with E-state index in [4.69, 9.17) is 25.8 Å². The first-order valence-corrected chi connectivity index (χ1v) is 9.09. The largest absolute Gasteiger partial charge is 0.487 e. The molecule has 0 unspecified atom stereocenters. The summed E-state index contributed by atoms with van der Waals surface area (Å²) in [5, 5.41) is 3.38. The summed E-state index contributed by atoms with van der Waals surface area (Å²) in [6.45, 7) is 4.59. The highest BCUT2D eigenvalue weighted by Gasteiger charge is 2.41. The minimum atomic E-state index is -0.749. The molecule has 0 aliphatic heterocycles. The predicted octanol–water partition coefficient (Wildman–Crippen LogP) is 4.29. The second kappa shape index (κ2) is 8.88. The molecular formula is C19H28ClNO4. The summed E-state index contributed by atoms with van der Waals surface area (Å²) < 4.78 is 16.4. The number of benzene rings is 1. The van der Waals surface area contributed by atoms with Gasteiger partial charge in [-0.05, 0) is 56.7 Å². The lowest BCUT2D eigenvalue weighted by Gasteiger charge is -2.36. The maximum atomic E-state index is 12.8. The molecule has 1 fully saturated rings. The first-order valence-electron chi connectivity index (χ1n) is 8.72. The molecule has 0 bridgehead atoms. The molecule has 1 amide bonds. The van der Waals surface area contributed by atoms with Crippen LogP contribution in [0.2, 0.25) is 5.02 Å². The summed E-state index contributed by atoms with van der Waals surface area (Å²) in [4.78, 5) is 12.8. The molecule has 6 heteroatoms. The van der Waals surface area contributed by atoms with Crippen LogP contribution in [-0.2, 0) is 14.3 Å². The molecule has 0 saturated heterocycles. The smallest absolute Gasteiger partial charge is 0.256 e. The van der Waals surface area contributed by atoms with Crippen molar-refractivity contribution in [3.05, 3.63) is 23.2 Å². The zero-order valence-corrected chi connectivity index (χ0v) is 16.2. The number of halogens is 1. The van der Waals surface area contributed by atoms with Crippen LogP contribution >= 0.6 is 11.6 Å². The maximum Gasteiger partial charge on any atom is 0.256 e. The fourth-order valence-corrected chi connectivity index (χ4v) is 3.38. The van der Waals surface area contributed by atoms with Gasteiger partial charge in [0.05, 0.1) is 11.6 Å². The van der Waals surface area contributed by atoms with Gasteiger partial charge in [-0.2, -0.15) is 0 Å². The molecule has 0 aromatic heterocycles. The van der Waals surface area contributed by atoms with E-state index in [1.807, 2.05) is 6.92 Å². The lowest BCUT2D eigenvalue weighted by Crippen LogP contribution is -2.47. The topological polar surface area (TPSA) is 56.8 Å². The number of methoxy groups -OCH3 is 2. The molecule has 1 N–H and O–H groups in total. The van der Waals surface area contributed by atoms with Crippen LogP contribution < -0.4 is 10.1 Å². The van der Waals surface area contributed by atoms with Crippen molar-refractivity contribution in [2.24, 2.45) is 5.92 Å². The van der Waals surface area contributed by atoms with Crippen molar-refractivity contribution >= 4 is 23.2 Å². The number of rotatable bonds is 7. The van der Waals surface area contributed by atoms with Gasteiger partial charge in [-0.25, -0.2) is 0 Å². The van der Waals surface area contributed by atoms with E-state index in [-0.39, 0.29) is 12.0 Å². The van der Waals surface area contributed by atoms with Crippen LogP contribution in [0.15, 0.2) is 18.2 Å². The van der Waals surface area contributed by atoms with Crippen LogP contribution in [-0.4, -0.2) is 38.4 Å². The Morgan fingerprint density at radius 1 is 1.36 bits per heavy atom. The van der Waals surface area contributed by atoms with Crippen LogP contribution in [0.5, 0.6) is 5.75 Å². The minimum Gasteiger partial charge on any atom is -0.487 e. The first-order chi connectivity index (χ1) is 11.9. The molecule has 0 heterocycles. The number of nitrogens with one attached hydrogen (secondary N) is 1. The summed E-state index contributed by atoms with van der Waals surface area (Å²) in [6, 6.07) is 5.24. The lowest BCUT2D eigenvalue weighted by atomic mass is 9.79. The molecule has 1 aromatic carbocycles. The Bertz CT molecular complexity index is 585. The van der Waals surface area contributed by atoms with Crippen LogP contribution in [0, 0.1) is 5.92 Å². The van der Waals surface area contributed by atoms with Gasteiger partial charge in [0, 0.05) is 19.9 Å². The van der Waals surface area contributed by atoms with Crippen molar-refractivity contribution in [1.29, 1.82) is 0 Å². The molecule has 2 rings (SSSR count). The van der Waals surface area contributed by atoms with E-state index >= 15 is 0 Å². The van der Waals surface area contributed by atoms with Crippen molar-refractivity contribution in [3.8, 4) is 5.75 Å². The molecule has 140 valence electrons. The van der Waals surface area contributed by atoms with Crippen LogP contribution in [0.3, 0.4) is 0 Å². The van der Waals surface area contributed by atoms with E-state index in [2.05, 4.69) is 12.2 Å². The molecule has 1 aliphatic rings. The summed E-state index contributed by atoms with van der Waals surface area (Å²) in [5.41, 5.74) is -0.113. The Morgan fingerprint density at radius 3 is 2.60 bits per heavy atom. The number of carbonyl (C=O) groups is 1. The zero-order valence-electron chi connectivity index (χ0n) is 15.4. The molecular weight excluding hydrogens is 342 g/mol. The first kappa shape index (κ1) is 20.0. The summed E-state index contributed by atoms with van der Waals surface area (Å²) in [5.74, 6) is 1.09. The number of ether oxygens (including phenoxy) is 3. The normalized spacial score (nSPS) is 24.6. The van der Waals surface area contributed by atoms with Gasteiger partial charge in [-0.15, -0.1) is 0 Å². The molecule has 1 aromatic rings. The zero-order chi connectivity index (χ0) is 18.4. The predicted molar refractivity (Wildman–Crippen MR) is 99.4 cm³/mol. The molecule has 5 nitrogen and oxygen atoms in total.